The van der Waals surface area contributed by atoms with E-state index in [1.54, 1.807) is 0 Å². The summed E-state index contributed by atoms with van der Waals surface area (Å²) in [5.74, 6) is 2.92. The molecule has 0 amide bonds. The van der Waals surface area contributed by atoms with Crippen LogP contribution in [0.2, 0.25) is 91.1 Å². The van der Waals surface area contributed by atoms with Crippen molar-refractivity contribution in [1.82, 2.24) is 0 Å². The van der Waals surface area contributed by atoms with E-state index in [0.29, 0.717) is 0 Å². The van der Waals surface area contributed by atoms with Crippen LogP contribution in [0.3, 0.4) is 0 Å². The summed E-state index contributed by atoms with van der Waals surface area (Å²) in [6.07, 6.45) is 48.4. The zero-order valence-electron chi connectivity index (χ0n) is 59.1. The summed E-state index contributed by atoms with van der Waals surface area (Å²) >= 11 is -7.79. The molecule has 11 heteroatoms. The molecule has 490 valence electrons. The molecule has 4 aromatic rings. The van der Waals surface area contributed by atoms with Gasteiger partial charge in [-0.2, -0.15) is 0 Å². The molecule has 8 atom stereocenters. The van der Waals surface area contributed by atoms with Crippen LogP contribution in [-0.4, -0.2) is 33.3 Å². The number of fused-ring (bicyclic) bond motifs is 8. The van der Waals surface area contributed by atoms with E-state index in [-0.39, 0.29) is 35.5 Å². The SMILES string of the molecule is CC1=CC2=C(C=CC=CC2c2ccc(O[Si](C)(C)C)cc2)[C]12C(C)[C]1(C(C)=CC3=C1C=CC=CC3c1ccc(O[Si](C)(C)C)cc1)[Zr]21([Cl])([Cl])[C]2(C(C)=CC3=C2C=CC=CC3c2ccc(O[Si](C)(C)C)cc2)C(C)[C]12C(C)=CC1=C2C=CC=CC1c1ccc(O[Si](C)(C)C)cc1. The molecule has 2 heterocycles. The van der Waals surface area contributed by atoms with Crippen LogP contribution in [0.25, 0.3) is 0 Å². The molecule has 0 radical (unpaired) electrons. The molecule has 5 spiro atoms. The van der Waals surface area contributed by atoms with Crippen LogP contribution in [-0.2, 0) is 14.9 Å². The molecule has 2 aliphatic heterocycles. The zero-order chi connectivity index (χ0) is 67.7. The van der Waals surface area contributed by atoms with E-state index in [1.165, 1.54) is 89.1 Å². The predicted octanol–water partition coefficient (Wildman–Crippen LogP) is 25.0. The van der Waals surface area contributed by atoms with Crippen molar-refractivity contribution in [2.75, 3.05) is 0 Å². The van der Waals surface area contributed by atoms with E-state index in [9.17, 15) is 17.0 Å². The second-order valence-corrected chi connectivity index (χ2v) is 78.6. The molecule has 2 saturated heterocycles. The molecule has 8 aliphatic carbocycles. The minimum atomic E-state index is -7.79. The van der Waals surface area contributed by atoms with Gasteiger partial charge in [0, 0.05) is 0 Å². The molecular formula is C84H96Cl2O4Si4Zr. The molecule has 8 unspecified atom stereocenters. The Kier molecular flexibility index (Phi) is 15.3. The van der Waals surface area contributed by atoms with Gasteiger partial charge in [-0.1, -0.05) is 0 Å². The van der Waals surface area contributed by atoms with Gasteiger partial charge in [-0.3, -0.25) is 0 Å². The summed E-state index contributed by atoms with van der Waals surface area (Å²) in [7, 11) is 15.2. The first-order chi connectivity index (χ1) is 44.7. The molecular weight excluding hydrogens is 1350 g/mol. The molecule has 2 fully saturated rings. The Hall–Kier alpha value is -5.75. The van der Waals surface area contributed by atoms with Crippen LogP contribution in [0.5, 0.6) is 23.0 Å². The number of halogens is 2. The summed E-state index contributed by atoms with van der Waals surface area (Å²) in [5, 5.41) is 0. The molecule has 4 aromatic carbocycles. The molecule has 0 N–H and O–H groups in total. The summed E-state index contributed by atoms with van der Waals surface area (Å²) in [6.45, 7) is 42.0. The Labute approximate surface area is 576 Å². The van der Waals surface area contributed by atoms with E-state index in [2.05, 4.69) is 339 Å². The average Bonchev–Trinajstić information content (AvgIpc) is 1.53. The minimum absolute atomic E-state index is 0.108. The first-order valence-electron chi connectivity index (χ1n) is 34.7. The van der Waals surface area contributed by atoms with E-state index in [1.807, 2.05) is 0 Å². The van der Waals surface area contributed by atoms with Crippen LogP contribution >= 0.6 is 17.0 Å². The van der Waals surface area contributed by atoms with Crippen LogP contribution in [0.15, 0.2) is 285 Å². The van der Waals surface area contributed by atoms with Gasteiger partial charge in [0.25, 0.3) is 0 Å². The molecule has 0 bridgehead atoms. The van der Waals surface area contributed by atoms with Gasteiger partial charge in [0.1, 0.15) is 0 Å². The zero-order valence-corrected chi connectivity index (χ0v) is 67.1. The van der Waals surface area contributed by atoms with E-state index < -0.39 is 60.7 Å². The summed E-state index contributed by atoms with van der Waals surface area (Å²) in [5.41, 5.74) is 20.1. The Balaban J connectivity index is 1.13. The van der Waals surface area contributed by atoms with Crippen molar-refractivity contribution in [3.05, 3.63) is 308 Å². The number of benzene rings is 4. The number of allylic oxidation sites excluding steroid dienone is 32. The second kappa shape index (κ2) is 21.9. The Morgan fingerprint density at radius 3 is 0.674 bits per heavy atom. The summed E-state index contributed by atoms with van der Waals surface area (Å²) < 4.78 is 22.9. The topological polar surface area (TPSA) is 36.9 Å². The first-order valence-corrected chi connectivity index (χ1v) is 59.6. The first kappa shape index (κ1) is 66.5. The van der Waals surface area contributed by atoms with E-state index >= 15 is 0 Å². The molecule has 4 nitrogen and oxygen atoms in total. The Bertz CT molecular complexity index is 3930. The summed E-state index contributed by atoms with van der Waals surface area (Å²) in [4.78, 5) is 0. The van der Waals surface area contributed by atoms with E-state index in [4.69, 9.17) is 17.7 Å². The van der Waals surface area contributed by atoms with Gasteiger partial charge in [-0.05, 0) is 0 Å². The van der Waals surface area contributed by atoms with Crippen molar-refractivity contribution < 1.29 is 32.6 Å². The van der Waals surface area contributed by atoms with Gasteiger partial charge in [-0.25, -0.2) is 0 Å². The van der Waals surface area contributed by atoms with Crippen molar-refractivity contribution in [3.8, 4) is 23.0 Å². The van der Waals surface area contributed by atoms with Crippen molar-refractivity contribution in [1.29, 1.82) is 0 Å². The van der Waals surface area contributed by atoms with Gasteiger partial charge in [0.15, 0.2) is 0 Å². The Morgan fingerprint density at radius 1 is 0.305 bits per heavy atom. The molecule has 14 rings (SSSR count). The van der Waals surface area contributed by atoms with Gasteiger partial charge in [0.05, 0.1) is 0 Å². The third-order valence-electron chi connectivity index (χ3n) is 23.8. The standard InChI is InChI=1S/2C42H48O2Si2.2ClH.Zr/c2*1-28-26-39-35(31-18-22-33(23-19-31)43-45(4,5)6)14-10-12-16-37(39)41(28)30(3)42-29(2)27-40-36(15-11-13-17-38(40)42)32-20-24-34(25-21-32)44-46(7,8)9;;;/h2*10-27,30,35-36H,1-9H3;2*1H;/q;;;;+2/p-2. The second-order valence-electron chi connectivity index (χ2n) is 33.1. The van der Waals surface area contributed by atoms with Gasteiger partial charge in [0.2, 0.25) is 0 Å². The van der Waals surface area contributed by atoms with E-state index in [0.717, 1.165) is 23.0 Å². The third kappa shape index (κ3) is 8.48. The van der Waals surface area contributed by atoms with Crippen LogP contribution in [0.1, 0.15) is 87.5 Å². The van der Waals surface area contributed by atoms with Gasteiger partial charge >= 0.3 is 582 Å². The average molecular weight is 1440 g/mol. The monoisotopic (exact) mass is 1440 g/mol. The molecule has 10 aliphatic rings. The van der Waals surface area contributed by atoms with Crippen molar-refractivity contribution in [3.63, 3.8) is 0 Å². The number of rotatable bonds is 12. The van der Waals surface area contributed by atoms with Gasteiger partial charge in [-0.15, -0.1) is 0 Å². The fraction of sp³-hybridized carbons (Fsp3) is 0.333. The maximum absolute atomic E-state index is 11.4. The quantitative estimate of drug-likeness (QED) is 0.133. The van der Waals surface area contributed by atoms with Crippen molar-refractivity contribution in [2.24, 2.45) is 11.8 Å². The number of hydrogen-bond acceptors (Lipinski definition) is 4. The van der Waals surface area contributed by atoms with Crippen LogP contribution in [0, 0.1) is 11.8 Å². The molecule has 0 saturated carbocycles. The third-order valence-corrected chi connectivity index (χ3v) is 69.6. The normalized spacial score (nSPS) is 31.7. The van der Waals surface area contributed by atoms with Crippen molar-refractivity contribution in [2.45, 2.75) is 156 Å². The maximum atomic E-state index is 11.4. The number of hydrogen-bond donors (Lipinski definition) is 0. The Morgan fingerprint density at radius 2 is 0.495 bits per heavy atom. The van der Waals surface area contributed by atoms with Crippen molar-refractivity contribution >= 4 is 50.3 Å². The van der Waals surface area contributed by atoms with Crippen LogP contribution < -0.4 is 17.7 Å². The molecule has 95 heavy (non-hydrogen) atoms. The molecule has 0 aromatic heterocycles. The van der Waals surface area contributed by atoms with Gasteiger partial charge < -0.3 is 0 Å². The summed E-state index contributed by atoms with van der Waals surface area (Å²) in [6, 6.07) is 35.9. The fourth-order valence-corrected chi connectivity index (χ4v) is 82.7. The van der Waals surface area contributed by atoms with Crippen LogP contribution in [0.4, 0.5) is 0 Å². The fourth-order valence-electron chi connectivity index (χ4n) is 22.3. The predicted molar refractivity (Wildman–Crippen MR) is 410 cm³/mol.